The topological polar surface area (TPSA) is 62.1 Å². The van der Waals surface area contributed by atoms with Gasteiger partial charge in [-0.25, -0.2) is 0 Å². The summed E-state index contributed by atoms with van der Waals surface area (Å²) in [5.74, 6) is 0.300. The van der Waals surface area contributed by atoms with Crippen LogP contribution in [0.1, 0.15) is 18.1 Å². The van der Waals surface area contributed by atoms with Gasteiger partial charge in [0.1, 0.15) is 17.4 Å². The maximum absolute atomic E-state index is 12.4. The first-order chi connectivity index (χ1) is 11.9. The van der Waals surface area contributed by atoms with Gasteiger partial charge < -0.3 is 10.1 Å². The molecule has 0 radical (unpaired) electrons. The highest BCUT2D eigenvalue weighted by molar-refractivity contribution is 14.1. The smallest absolute Gasteiger partial charge is 0.266 e. The van der Waals surface area contributed by atoms with E-state index in [9.17, 15) is 10.1 Å². The van der Waals surface area contributed by atoms with E-state index >= 15 is 0 Å². The van der Waals surface area contributed by atoms with Crippen LogP contribution in [-0.4, -0.2) is 12.5 Å². The normalized spacial score (nSPS) is 10.9. The number of carbonyl (C=O) groups is 1. The lowest BCUT2D eigenvalue weighted by Gasteiger charge is -2.09. The Morgan fingerprint density at radius 3 is 2.76 bits per heavy atom. The quantitative estimate of drug-likeness (QED) is 0.374. The fraction of sp³-hybridized carbons (Fsp3) is 0.158. The highest BCUT2D eigenvalue weighted by Crippen LogP contribution is 2.24. The first-order valence-electron chi connectivity index (χ1n) is 7.56. The van der Waals surface area contributed by atoms with Gasteiger partial charge in [0.25, 0.3) is 5.91 Å². The van der Waals surface area contributed by atoms with Gasteiger partial charge in [0.15, 0.2) is 0 Å². The molecule has 0 aliphatic carbocycles. The summed E-state index contributed by atoms with van der Waals surface area (Å²) in [7, 11) is 0. The molecule has 0 unspecified atom stereocenters. The van der Waals surface area contributed by atoms with Gasteiger partial charge in [-0.05, 0) is 77.9 Å². The van der Waals surface area contributed by atoms with Crippen molar-refractivity contribution in [1.82, 2.24) is 0 Å². The van der Waals surface area contributed by atoms with E-state index in [1.54, 1.807) is 18.2 Å². The lowest BCUT2D eigenvalue weighted by Crippen LogP contribution is -2.14. The number of rotatable bonds is 5. The van der Waals surface area contributed by atoms with E-state index < -0.39 is 5.91 Å². The largest absolute Gasteiger partial charge is 0.493 e. The molecule has 0 atom stereocenters. The number of nitrogens with one attached hydrogen (secondary N) is 1. The Morgan fingerprint density at radius 2 is 2.12 bits per heavy atom. The average Bonchev–Trinajstić information content (AvgIpc) is 2.58. The molecule has 0 aliphatic heterocycles. The number of hydrogen-bond donors (Lipinski definition) is 1. The van der Waals surface area contributed by atoms with E-state index in [1.807, 2.05) is 44.2 Å². The van der Waals surface area contributed by atoms with Crippen molar-refractivity contribution < 1.29 is 9.53 Å². The minimum absolute atomic E-state index is 0.0133. The number of nitriles is 1. The van der Waals surface area contributed by atoms with Crippen molar-refractivity contribution in [3.05, 3.63) is 61.7 Å². The van der Waals surface area contributed by atoms with Gasteiger partial charge in [-0.2, -0.15) is 5.26 Å². The fourth-order valence-electron chi connectivity index (χ4n) is 2.11. The predicted molar refractivity (Wildman–Crippen MR) is 109 cm³/mol. The number of aryl methyl sites for hydroxylation is 1. The van der Waals surface area contributed by atoms with Crippen molar-refractivity contribution in [3.8, 4) is 11.8 Å². The van der Waals surface area contributed by atoms with Crippen molar-refractivity contribution in [2.45, 2.75) is 13.8 Å². The van der Waals surface area contributed by atoms with E-state index in [0.29, 0.717) is 17.3 Å². The zero-order valence-electron chi connectivity index (χ0n) is 13.8. The Morgan fingerprint density at radius 1 is 1.36 bits per heavy atom. The van der Waals surface area contributed by atoms with Crippen molar-refractivity contribution in [1.29, 1.82) is 5.26 Å². The molecule has 0 bridgehead atoms. The predicted octanol–water partition coefficient (Wildman–Crippen LogP) is 5.20. The van der Waals surface area contributed by atoms with Gasteiger partial charge >= 0.3 is 0 Å². The van der Waals surface area contributed by atoms with E-state index in [1.165, 1.54) is 0 Å². The average molecular weight is 467 g/mol. The molecule has 1 N–H and O–H groups in total. The van der Waals surface area contributed by atoms with Crippen LogP contribution in [0, 0.1) is 21.8 Å². The van der Waals surface area contributed by atoms with Gasteiger partial charge in [0.2, 0.25) is 0 Å². The maximum Gasteiger partial charge on any atom is 0.266 e. The molecule has 0 spiro atoms. The second kappa shape index (κ2) is 8.88. The standard InChI is InChI=1S/C19H16ClIN2O2/c1-3-25-18-7-5-13(9-16(18)21)8-14(11-22)19(24)23-17-10-15(20)6-4-12(17)2/h4-10H,3H2,1-2H3,(H,23,24)/b14-8+. The molecule has 1 amide bonds. The molecule has 0 heterocycles. The zero-order chi connectivity index (χ0) is 18.4. The highest BCUT2D eigenvalue weighted by Gasteiger charge is 2.12. The van der Waals surface area contributed by atoms with Gasteiger partial charge in [-0.1, -0.05) is 23.7 Å². The Kier molecular flexibility index (Phi) is 6.85. The van der Waals surface area contributed by atoms with Crippen LogP contribution in [0.25, 0.3) is 6.08 Å². The van der Waals surface area contributed by atoms with Gasteiger partial charge in [-0.15, -0.1) is 0 Å². The monoisotopic (exact) mass is 466 g/mol. The number of ether oxygens (including phenoxy) is 1. The third-order valence-electron chi connectivity index (χ3n) is 3.38. The van der Waals surface area contributed by atoms with Gasteiger partial charge in [0.05, 0.1) is 10.2 Å². The molecule has 128 valence electrons. The van der Waals surface area contributed by atoms with Crippen LogP contribution in [-0.2, 0) is 4.79 Å². The minimum Gasteiger partial charge on any atom is -0.493 e. The summed E-state index contributed by atoms with van der Waals surface area (Å²) in [4.78, 5) is 12.4. The maximum atomic E-state index is 12.4. The zero-order valence-corrected chi connectivity index (χ0v) is 16.7. The van der Waals surface area contributed by atoms with E-state index in [2.05, 4.69) is 27.9 Å². The van der Waals surface area contributed by atoms with Crippen molar-refractivity contribution >= 4 is 51.9 Å². The van der Waals surface area contributed by atoms with Crippen molar-refractivity contribution in [2.75, 3.05) is 11.9 Å². The Hall–Kier alpha value is -2.04. The number of hydrogen-bond acceptors (Lipinski definition) is 3. The number of carbonyl (C=O) groups excluding carboxylic acids is 1. The molecule has 2 aromatic rings. The van der Waals surface area contributed by atoms with E-state index in [0.717, 1.165) is 20.4 Å². The minimum atomic E-state index is -0.475. The lowest BCUT2D eigenvalue weighted by molar-refractivity contribution is -0.112. The summed E-state index contributed by atoms with van der Waals surface area (Å²) in [5.41, 5.74) is 2.22. The van der Waals surface area contributed by atoms with Crippen LogP contribution >= 0.6 is 34.2 Å². The summed E-state index contributed by atoms with van der Waals surface area (Å²) in [6, 6.07) is 12.7. The van der Waals surface area contributed by atoms with Crippen LogP contribution in [0.5, 0.6) is 5.75 Å². The molecule has 0 fully saturated rings. The van der Waals surface area contributed by atoms with E-state index in [4.69, 9.17) is 16.3 Å². The Labute approximate surface area is 165 Å². The highest BCUT2D eigenvalue weighted by atomic mass is 127. The Bertz CT molecular complexity index is 872. The van der Waals surface area contributed by atoms with Crippen LogP contribution in [0.15, 0.2) is 42.0 Å². The number of nitrogens with zero attached hydrogens (tertiary/aromatic N) is 1. The second-order valence-corrected chi connectivity index (χ2v) is 6.80. The number of anilines is 1. The first-order valence-corrected chi connectivity index (χ1v) is 9.02. The molecule has 0 saturated carbocycles. The summed E-state index contributed by atoms with van der Waals surface area (Å²) >= 11 is 8.12. The van der Waals surface area contributed by atoms with Crippen LogP contribution in [0.2, 0.25) is 5.02 Å². The van der Waals surface area contributed by atoms with Crippen molar-refractivity contribution in [3.63, 3.8) is 0 Å². The molecular weight excluding hydrogens is 451 g/mol. The third-order valence-corrected chi connectivity index (χ3v) is 4.46. The number of halogens is 2. The second-order valence-electron chi connectivity index (χ2n) is 5.21. The van der Waals surface area contributed by atoms with Gasteiger partial charge in [0, 0.05) is 10.7 Å². The molecule has 25 heavy (non-hydrogen) atoms. The summed E-state index contributed by atoms with van der Waals surface area (Å²) in [5, 5.41) is 12.6. The van der Waals surface area contributed by atoms with Crippen molar-refractivity contribution in [2.24, 2.45) is 0 Å². The van der Waals surface area contributed by atoms with Crippen LogP contribution < -0.4 is 10.1 Å². The molecule has 4 nitrogen and oxygen atoms in total. The molecule has 6 heteroatoms. The SMILES string of the molecule is CCOc1ccc(/C=C(\C#N)C(=O)Nc2cc(Cl)ccc2C)cc1I. The molecule has 0 saturated heterocycles. The molecule has 0 aromatic heterocycles. The summed E-state index contributed by atoms with van der Waals surface area (Å²) < 4.78 is 6.40. The molecule has 0 aliphatic rings. The van der Waals surface area contributed by atoms with E-state index in [-0.39, 0.29) is 5.57 Å². The summed E-state index contributed by atoms with van der Waals surface area (Å²) in [6.07, 6.45) is 1.55. The summed E-state index contributed by atoms with van der Waals surface area (Å²) in [6.45, 7) is 4.35. The first kappa shape index (κ1) is 19.3. The number of benzene rings is 2. The van der Waals surface area contributed by atoms with Crippen LogP contribution in [0.4, 0.5) is 5.69 Å². The molecule has 2 aromatic carbocycles. The molecular formula is C19H16ClIN2O2. The number of amides is 1. The fourth-order valence-corrected chi connectivity index (χ4v) is 2.98. The lowest BCUT2D eigenvalue weighted by atomic mass is 10.1. The van der Waals surface area contributed by atoms with Crippen LogP contribution in [0.3, 0.4) is 0 Å². The van der Waals surface area contributed by atoms with Gasteiger partial charge in [-0.3, -0.25) is 4.79 Å². The molecule has 2 rings (SSSR count). The Balaban J connectivity index is 2.25. The third kappa shape index (κ3) is 5.21.